The van der Waals surface area contributed by atoms with Crippen molar-refractivity contribution in [3.63, 3.8) is 0 Å². The summed E-state index contributed by atoms with van der Waals surface area (Å²) in [6.07, 6.45) is 1.42. The molecule has 37 heavy (non-hydrogen) atoms. The summed E-state index contributed by atoms with van der Waals surface area (Å²) in [5.74, 6) is 1.67. The van der Waals surface area contributed by atoms with Gasteiger partial charge >= 0.3 is 0 Å². The molecule has 0 aliphatic rings. The molecule has 7 heteroatoms. The maximum Gasteiger partial charge on any atom is 0.273 e. The second-order valence-corrected chi connectivity index (χ2v) is 8.90. The smallest absolute Gasteiger partial charge is 0.273 e. The maximum absolute atomic E-state index is 12.8. The van der Waals surface area contributed by atoms with Crippen LogP contribution < -0.4 is 14.8 Å². The SMILES string of the molecule is COc1ccc(CN(Cc2nc(C(=O)NC(C)c3ccccc3)co2)C(C)c2ccccc2)c(OC)c1. The fraction of sp³-hybridized carbons (Fsp3) is 0.267. The van der Waals surface area contributed by atoms with E-state index in [-0.39, 0.29) is 23.7 Å². The molecule has 1 heterocycles. The summed E-state index contributed by atoms with van der Waals surface area (Å²) in [5, 5.41) is 2.99. The first-order valence-electron chi connectivity index (χ1n) is 12.3. The maximum atomic E-state index is 12.8. The summed E-state index contributed by atoms with van der Waals surface area (Å²) in [7, 11) is 3.29. The van der Waals surface area contributed by atoms with Gasteiger partial charge in [-0.1, -0.05) is 66.7 Å². The fourth-order valence-electron chi connectivity index (χ4n) is 4.23. The minimum Gasteiger partial charge on any atom is -0.497 e. The van der Waals surface area contributed by atoms with E-state index in [4.69, 9.17) is 13.9 Å². The summed E-state index contributed by atoms with van der Waals surface area (Å²) in [4.78, 5) is 19.6. The van der Waals surface area contributed by atoms with Crippen molar-refractivity contribution >= 4 is 5.91 Å². The molecule has 4 aromatic rings. The number of carbonyl (C=O) groups excluding carboxylic acids is 1. The number of oxazole rings is 1. The molecule has 0 spiro atoms. The summed E-state index contributed by atoms with van der Waals surface area (Å²) in [6.45, 7) is 5.08. The minimum absolute atomic E-state index is 0.0512. The van der Waals surface area contributed by atoms with Gasteiger partial charge < -0.3 is 19.2 Å². The first-order chi connectivity index (χ1) is 18.0. The Labute approximate surface area is 218 Å². The number of nitrogens with one attached hydrogen (secondary N) is 1. The first-order valence-corrected chi connectivity index (χ1v) is 12.3. The molecule has 2 atom stereocenters. The molecular formula is C30H33N3O4. The average Bonchev–Trinajstić information content (AvgIpc) is 3.42. The molecular weight excluding hydrogens is 466 g/mol. The Morgan fingerprint density at radius 3 is 2.24 bits per heavy atom. The third-order valence-electron chi connectivity index (χ3n) is 6.47. The van der Waals surface area contributed by atoms with Crippen LogP contribution in [0.1, 0.15) is 59.0 Å². The zero-order valence-electron chi connectivity index (χ0n) is 21.7. The van der Waals surface area contributed by atoms with E-state index in [1.54, 1.807) is 14.2 Å². The lowest BCUT2D eigenvalue weighted by molar-refractivity contribution is 0.0934. The predicted molar refractivity (Wildman–Crippen MR) is 142 cm³/mol. The Kier molecular flexibility index (Phi) is 8.59. The van der Waals surface area contributed by atoms with Crippen molar-refractivity contribution in [2.45, 2.75) is 39.0 Å². The van der Waals surface area contributed by atoms with Crippen molar-refractivity contribution in [1.29, 1.82) is 0 Å². The highest BCUT2D eigenvalue weighted by atomic mass is 16.5. The van der Waals surface area contributed by atoms with Gasteiger partial charge in [-0.15, -0.1) is 0 Å². The predicted octanol–water partition coefficient (Wildman–Crippen LogP) is 5.95. The number of amides is 1. The monoisotopic (exact) mass is 499 g/mol. The van der Waals surface area contributed by atoms with Gasteiger partial charge in [0.1, 0.15) is 17.8 Å². The van der Waals surface area contributed by atoms with Crippen molar-refractivity contribution < 1.29 is 18.7 Å². The lowest BCUT2D eigenvalue weighted by Gasteiger charge is -2.29. The molecule has 2 unspecified atom stereocenters. The van der Waals surface area contributed by atoms with Crippen molar-refractivity contribution in [1.82, 2.24) is 15.2 Å². The molecule has 0 aliphatic heterocycles. The summed E-state index contributed by atoms with van der Waals surface area (Å²) in [5.41, 5.74) is 3.45. The molecule has 1 N–H and O–H groups in total. The molecule has 0 radical (unpaired) electrons. The number of hydrogen-bond donors (Lipinski definition) is 1. The molecule has 3 aromatic carbocycles. The number of hydrogen-bond acceptors (Lipinski definition) is 6. The highest BCUT2D eigenvalue weighted by molar-refractivity contribution is 5.92. The van der Waals surface area contributed by atoms with Crippen LogP contribution in [0.25, 0.3) is 0 Å². The normalized spacial score (nSPS) is 12.7. The molecule has 0 fully saturated rings. The Bertz CT molecular complexity index is 1290. The van der Waals surface area contributed by atoms with E-state index in [9.17, 15) is 4.79 Å². The third-order valence-corrected chi connectivity index (χ3v) is 6.47. The van der Waals surface area contributed by atoms with Crippen LogP contribution in [0.2, 0.25) is 0 Å². The van der Waals surface area contributed by atoms with E-state index in [2.05, 4.69) is 34.3 Å². The van der Waals surface area contributed by atoms with Crippen LogP contribution in [-0.2, 0) is 13.1 Å². The quantitative estimate of drug-likeness (QED) is 0.275. The number of aromatic nitrogens is 1. The fourth-order valence-corrected chi connectivity index (χ4v) is 4.23. The number of rotatable bonds is 11. The summed E-state index contributed by atoms with van der Waals surface area (Å²) in [6, 6.07) is 25.8. The molecule has 4 rings (SSSR count). The lowest BCUT2D eigenvalue weighted by atomic mass is 10.1. The van der Waals surface area contributed by atoms with Gasteiger partial charge in [-0.25, -0.2) is 4.98 Å². The highest BCUT2D eigenvalue weighted by Gasteiger charge is 2.22. The van der Waals surface area contributed by atoms with Gasteiger partial charge in [-0.3, -0.25) is 9.69 Å². The van der Waals surface area contributed by atoms with Gasteiger partial charge in [0.05, 0.1) is 26.8 Å². The Morgan fingerprint density at radius 1 is 0.919 bits per heavy atom. The van der Waals surface area contributed by atoms with E-state index in [1.807, 2.05) is 73.7 Å². The molecule has 1 aromatic heterocycles. The average molecular weight is 500 g/mol. The van der Waals surface area contributed by atoms with Crippen LogP contribution in [0.3, 0.4) is 0 Å². The Hall–Kier alpha value is -4.10. The molecule has 0 saturated heterocycles. The van der Waals surface area contributed by atoms with Crippen LogP contribution in [0, 0.1) is 0 Å². The van der Waals surface area contributed by atoms with Crippen LogP contribution >= 0.6 is 0 Å². The minimum atomic E-state index is -0.272. The zero-order valence-corrected chi connectivity index (χ0v) is 21.7. The third kappa shape index (κ3) is 6.57. The topological polar surface area (TPSA) is 76.8 Å². The van der Waals surface area contributed by atoms with Crippen LogP contribution in [-0.4, -0.2) is 30.0 Å². The van der Waals surface area contributed by atoms with Crippen molar-refractivity contribution in [3.8, 4) is 11.5 Å². The van der Waals surface area contributed by atoms with Gasteiger partial charge in [-0.05, 0) is 31.0 Å². The van der Waals surface area contributed by atoms with Crippen LogP contribution in [0.15, 0.2) is 89.5 Å². The summed E-state index contributed by atoms with van der Waals surface area (Å²) < 4.78 is 16.7. The van der Waals surface area contributed by atoms with Crippen LogP contribution in [0.4, 0.5) is 0 Å². The number of ether oxygens (including phenoxy) is 2. The van der Waals surface area contributed by atoms with E-state index in [0.717, 1.165) is 28.2 Å². The van der Waals surface area contributed by atoms with Gasteiger partial charge in [0, 0.05) is 24.2 Å². The molecule has 192 valence electrons. The lowest BCUT2D eigenvalue weighted by Crippen LogP contribution is -2.28. The number of carbonyl (C=O) groups is 1. The van der Waals surface area contributed by atoms with Gasteiger partial charge in [0.15, 0.2) is 5.69 Å². The highest BCUT2D eigenvalue weighted by Crippen LogP contribution is 2.30. The van der Waals surface area contributed by atoms with E-state index < -0.39 is 0 Å². The molecule has 0 bridgehead atoms. The Balaban J connectivity index is 1.53. The second kappa shape index (κ2) is 12.2. The molecule has 0 saturated carbocycles. The van der Waals surface area contributed by atoms with Crippen molar-refractivity contribution in [2.24, 2.45) is 0 Å². The zero-order chi connectivity index (χ0) is 26.2. The van der Waals surface area contributed by atoms with Crippen molar-refractivity contribution in [3.05, 3.63) is 113 Å². The largest absolute Gasteiger partial charge is 0.497 e. The van der Waals surface area contributed by atoms with Crippen LogP contribution in [0.5, 0.6) is 11.5 Å². The molecule has 0 aliphatic carbocycles. The number of nitrogens with zero attached hydrogens (tertiary/aromatic N) is 2. The van der Waals surface area contributed by atoms with E-state index in [0.29, 0.717) is 19.0 Å². The van der Waals surface area contributed by atoms with E-state index >= 15 is 0 Å². The molecule has 1 amide bonds. The van der Waals surface area contributed by atoms with Gasteiger partial charge in [-0.2, -0.15) is 0 Å². The summed E-state index contributed by atoms with van der Waals surface area (Å²) >= 11 is 0. The van der Waals surface area contributed by atoms with Crippen molar-refractivity contribution in [2.75, 3.05) is 14.2 Å². The standard InChI is InChI=1S/C30H33N3O4/c1-21(23-11-7-5-8-12-23)31-30(34)27-20-37-29(32-27)19-33(22(2)24-13-9-6-10-14-24)18-25-15-16-26(35-3)17-28(25)36-4/h5-17,20-22H,18-19H2,1-4H3,(H,31,34). The van der Waals surface area contributed by atoms with Gasteiger partial charge in [0.25, 0.3) is 5.91 Å². The number of benzene rings is 3. The van der Waals surface area contributed by atoms with E-state index in [1.165, 1.54) is 6.26 Å². The molecule has 7 nitrogen and oxygen atoms in total. The second-order valence-electron chi connectivity index (χ2n) is 8.90. The van der Waals surface area contributed by atoms with Gasteiger partial charge in [0.2, 0.25) is 5.89 Å². The Morgan fingerprint density at radius 2 is 1.59 bits per heavy atom. The number of methoxy groups -OCH3 is 2. The first kappa shape index (κ1) is 26.0.